The van der Waals surface area contributed by atoms with E-state index < -0.39 is 0 Å². The van der Waals surface area contributed by atoms with E-state index in [0.717, 1.165) is 75.2 Å². The predicted molar refractivity (Wildman–Crippen MR) is 132 cm³/mol. The summed E-state index contributed by atoms with van der Waals surface area (Å²) in [6, 6.07) is 11.1. The number of aromatic nitrogens is 1. The van der Waals surface area contributed by atoms with E-state index in [9.17, 15) is 9.59 Å². The van der Waals surface area contributed by atoms with Gasteiger partial charge in [-0.15, -0.1) is 0 Å². The van der Waals surface area contributed by atoms with Crippen molar-refractivity contribution in [3.63, 3.8) is 0 Å². The van der Waals surface area contributed by atoms with E-state index >= 15 is 0 Å². The molecule has 2 aromatic rings. The Kier molecular flexibility index (Phi) is 6.30. The summed E-state index contributed by atoms with van der Waals surface area (Å²) in [6.45, 7) is 8.28. The molecule has 180 valence electrons. The third kappa shape index (κ3) is 4.17. The molecule has 2 fully saturated rings. The predicted octanol–water partition coefficient (Wildman–Crippen LogP) is 4.07. The van der Waals surface area contributed by atoms with Crippen molar-refractivity contribution in [1.82, 2.24) is 14.8 Å². The van der Waals surface area contributed by atoms with E-state index in [1.54, 1.807) is 13.1 Å². The molecule has 34 heavy (non-hydrogen) atoms. The van der Waals surface area contributed by atoms with E-state index in [2.05, 4.69) is 34.1 Å². The Morgan fingerprint density at radius 3 is 2.50 bits per heavy atom. The molecule has 7 heteroatoms. The van der Waals surface area contributed by atoms with E-state index in [4.69, 9.17) is 4.74 Å². The van der Waals surface area contributed by atoms with Gasteiger partial charge >= 0.3 is 6.09 Å². The fourth-order valence-electron chi connectivity index (χ4n) is 6.04. The Balaban J connectivity index is 1.31. The van der Waals surface area contributed by atoms with Crippen LogP contribution in [0.4, 0.5) is 10.5 Å². The molecule has 1 spiro atoms. The summed E-state index contributed by atoms with van der Waals surface area (Å²) in [5.41, 5.74) is 4.64. The lowest BCUT2D eigenvalue weighted by molar-refractivity contribution is -0.116. The molecule has 5 rings (SSSR count). The van der Waals surface area contributed by atoms with Crippen molar-refractivity contribution in [2.24, 2.45) is 0 Å². The van der Waals surface area contributed by atoms with Gasteiger partial charge in [0.25, 0.3) is 0 Å². The summed E-state index contributed by atoms with van der Waals surface area (Å²) in [4.78, 5) is 35.2. The van der Waals surface area contributed by atoms with Gasteiger partial charge in [-0.25, -0.2) is 4.79 Å². The average Bonchev–Trinajstić information content (AvgIpc) is 3.19. The molecule has 0 aliphatic carbocycles. The molecular weight excluding hydrogens is 428 g/mol. The van der Waals surface area contributed by atoms with Crippen LogP contribution in [-0.2, 0) is 14.9 Å². The van der Waals surface area contributed by atoms with Crippen molar-refractivity contribution in [2.45, 2.75) is 51.0 Å². The Hall–Kier alpha value is -2.93. The van der Waals surface area contributed by atoms with Crippen LogP contribution in [0.1, 0.15) is 45.1 Å². The van der Waals surface area contributed by atoms with Crippen molar-refractivity contribution in [3.05, 3.63) is 48.3 Å². The molecule has 7 nitrogen and oxygen atoms in total. The van der Waals surface area contributed by atoms with Gasteiger partial charge in [-0.3, -0.25) is 9.78 Å². The smallest absolute Gasteiger partial charge is 0.409 e. The number of fused-ring (bicyclic) bond motifs is 2. The molecule has 0 radical (unpaired) electrons. The quantitative estimate of drug-likeness (QED) is 0.688. The molecule has 0 atom stereocenters. The minimum atomic E-state index is -0.185. The zero-order chi connectivity index (χ0) is 23.7. The fraction of sp³-hybridized carbons (Fsp3) is 0.519. The second-order valence-corrected chi connectivity index (χ2v) is 9.81. The van der Waals surface area contributed by atoms with Crippen molar-refractivity contribution in [1.29, 1.82) is 0 Å². The number of ether oxygens (including phenoxy) is 1. The molecule has 4 heterocycles. The van der Waals surface area contributed by atoms with Gasteiger partial charge in [-0.2, -0.15) is 0 Å². The molecule has 1 aromatic heterocycles. The van der Waals surface area contributed by atoms with Crippen LogP contribution < -0.4 is 4.90 Å². The zero-order valence-corrected chi connectivity index (χ0v) is 20.2. The van der Waals surface area contributed by atoms with Crippen molar-refractivity contribution in [2.75, 3.05) is 44.2 Å². The summed E-state index contributed by atoms with van der Waals surface area (Å²) < 4.78 is 5.17. The Morgan fingerprint density at radius 2 is 1.85 bits per heavy atom. The summed E-state index contributed by atoms with van der Waals surface area (Å²) in [6.07, 6.45) is 7.58. The van der Waals surface area contributed by atoms with E-state index in [0.29, 0.717) is 12.6 Å². The number of benzene rings is 1. The van der Waals surface area contributed by atoms with Gasteiger partial charge in [0.05, 0.1) is 6.61 Å². The van der Waals surface area contributed by atoms with Crippen LogP contribution in [0.2, 0.25) is 0 Å². The molecule has 0 bridgehead atoms. The molecule has 2 saturated heterocycles. The number of carbonyl (C=O) groups is 2. The number of amides is 2. The van der Waals surface area contributed by atoms with Crippen LogP contribution in [0.3, 0.4) is 0 Å². The number of hydrogen-bond acceptors (Lipinski definition) is 5. The van der Waals surface area contributed by atoms with Crippen LogP contribution in [0.5, 0.6) is 0 Å². The zero-order valence-electron chi connectivity index (χ0n) is 20.2. The van der Waals surface area contributed by atoms with Crippen LogP contribution in [0.25, 0.3) is 11.1 Å². The van der Waals surface area contributed by atoms with Gasteiger partial charge in [0, 0.05) is 56.1 Å². The van der Waals surface area contributed by atoms with Crippen molar-refractivity contribution in [3.8, 4) is 11.1 Å². The topological polar surface area (TPSA) is 66.0 Å². The van der Waals surface area contributed by atoms with Crippen LogP contribution in [-0.4, -0.2) is 72.2 Å². The van der Waals surface area contributed by atoms with E-state index in [1.807, 2.05) is 29.0 Å². The molecule has 3 aliphatic rings. The number of rotatable bonds is 3. The third-order valence-corrected chi connectivity index (χ3v) is 7.96. The minimum absolute atomic E-state index is 0.00135. The molecular formula is C27H34N4O3. The van der Waals surface area contributed by atoms with Gasteiger partial charge in [0.15, 0.2) is 0 Å². The highest BCUT2D eigenvalue weighted by atomic mass is 16.6. The molecule has 0 saturated carbocycles. The number of piperidine rings is 2. The lowest BCUT2D eigenvalue weighted by Gasteiger charge is -2.45. The van der Waals surface area contributed by atoms with Crippen LogP contribution in [0, 0.1) is 0 Å². The lowest BCUT2D eigenvalue weighted by atomic mass is 9.73. The summed E-state index contributed by atoms with van der Waals surface area (Å²) in [5.74, 6) is 0.112. The maximum Gasteiger partial charge on any atom is 0.409 e. The fourth-order valence-corrected chi connectivity index (χ4v) is 6.04. The SMILES string of the molecule is CCOC(=O)N1CCC(N2CCC3(CC2)CN(C(C)=O)c2ccc(-c4cccnc4)cc23)CC1. The molecule has 0 unspecified atom stereocenters. The summed E-state index contributed by atoms with van der Waals surface area (Å²) in [5, 5.41) is 0. The van der Waals surface area contributed by atoms with Gasteiger partial charge in [0.1, 0.15) is 0 Å². The lowest BCUT2D eigenvalue weighted by Crippen LogP contribution is -2.52. The average molecular weight is 463 g/mol. The first kappa shape index (κ1) is 22.8. The van der Waals surface area contributed by atoms with E-state index in [-0.39, 0.29) is 17.4 Å². The summed E-state index contributed by atoms with van der Waals surface area (Å²) in [7, 11) is 0. The highest BCUT2D eigenvalue weighted by molar-refractivity contribution is 5.95. The number of nitrogens with zero attached hydrogens (tertiary/aromatic N) is 4. The molecule has 1 aromatic carbocycles. The second kappa shape index (κ2) is 9.37. The normalized spacial score (nSPS) is 20.4. The minimum Gasteiger partial charge on any atom is -0.450 e. The van der Waals surface area contributed by atoms with Gasteiger partial charge in [-0.05, 0) is 80.6 Å². The second-order valence-electron chi connectivity index (χ2n) is 9.81. The van der Waals surface area contributed by atoms with Gasteiger partial charge in [-0.1, -0.05) is 12.1 Å². The number of anilines is 1. The summed E-state index contributed by atoms with van der Waals surface area (Å²) >= 11 is 0. The third-order valence-electron chi connectivity index (χ3n) is 7.96. The number of hydrogen-bond donors (Lipinski definition) is 0. The van der Waals surface area contributed by atoms with E-state index in [1.165, 1.54) is 5.56 Å². The number of carbonyl (C=O) groups excluding carboxylic acids is 2. The molecule has 2 amide bonds. The van der Waals surface area contributed by atoms with Gasteiger partial charge in [0.2, 0.25) is 5.91 Å². The van der Waals surface area contributed by atoms with Crippen LogP contribution >= 0.6 is 0 Å². The Bertz CT molecular complexity index is 1040. The Labute approximate surface area is 201 Å². The largest absolute Gasteiger partial charge is 0.450 e. The first-order chi connectivity index (χ1) is 16.5. The van der Waals surface area contributed by atoms with Crippen molar-refractivity contribution >= 4 is 17.7 Å². The standard InChI is InChI=1S/C27H34N4O3/c1-3-34-26(33)30-13-8-23(9-14-30)29-15-10-27(11-16-29)19-31(20(2)32)25-7-6-21(17-24(25)27)22-5-4-12-28-18-22/h4-7,12,17-18,23H,3,8-11,13-16,19H2,1-2H3. The highest BCUT2D eigenvalue weighted by Gasteiger charge is 2.46. The van der Waals surface area contributed by atoms with Crippen molar-refractivity contribution < 1.29 is 14.3 Å². The highest BCUT2D eigenvalue weighted by Crippen LogP contribution is 2.48. The van der Waals surface area contributed by atoms with Gasteiger partial charge < -0.3 is 19.4 Å². The molecule has 0 N–H and O–H groups in total. The monoisotopic (exact) mass is 462 g/mol. The van der Waals surface area contributed by atoms with Crippen LogP contribution in [0.15, 0.2) is 42.7 Å². The molecule has 3 aliphatic heterocycles. The maximum absolute atomic E-state index is 12.5. The number of likely N-dealkylation sites (tertiary alicyclic amines) is 2. The number of pyridine rings is 1. The maximum atomic E-state index is 12.5. The Morgan fingerprint density at radius 1 is 1.09 bits per heavy atom. The first-order valence-electron chi connectivity index (χ1n) is 12.5. The first-order valence-corrected chi connectivity index (χ1v) is 12.5.